The van der Waals surface area contributed by atoms with Crippen LogP contribution in [0.5, 0.6) is 0 Å². The van der Waals surface area contributed by atoms with Crippen LogP contribution >= 0.6 is 11.8 Å². The monoisotopic (exact) mass is 476 g/mol. The van der Waals surface area contributed by atoms with Gasteiger partial charge in [-0.25, -0.2) is 0 Å². The molecule has 0 N–H and O–H groups in total. The molecular weight excluding hydrogens is 452 g/mol. The maximum Gasteiger partial charge on any atom is 0.0207 e. The van der Waals surface area contributed by atoms with Crippen molar-refractivity contribution in [2.45, 2.75) is 29.1 Å². The number of rotatable bonds is 1. The van der Waals surface area contributed by atoms with Crippen molar-refractivity contribution in [2.75, 3.05) is 0 Å². The van der Waals surface area contributed by atoms with E-state index in [4.69, 9.17) is 0 Å². The first-order valence-corrected chi connectivity index (χ1v) is 13.4. The molecule has 0 saturated carbocycles. The Kier molecular flexibility index (Phi) is 4.03. The third-order valence-electron chi connectivity index (χ3n) is 8.28. The molecule has 1 heterocycles. The zero-order chi connectivity index (χ0) is 24.0. The number of hydrogen-bond acceptors (Lipinski definition) is 1. The minimum atomic E-state index is -0.0359. The van der Waals surface area contributed by atoms with Crippen LogP contribution in [0.15, 0.2) is 119 Å². The van der Waals surface area contributed by atoms with E-state index in [1.807, 2.05) is 11.8 Å². The molecule has 0 radical (unpaired) electrons. The van der Waals surface area contributed by atoms with Crippen LogP contribution in [0, 0.1) is 0 Å². The molecule has 36 heavy (non-hydrogen) atoms. The number of hydrogen-bond donors (Lipinski definition) is 0. The van der Waals surface area contributed by atoms with Gasteiger partial charge in [-0.3, -0.25) is 0 Å². The van der Waals surface area contributed by atoms with Crippen LogP contribution in [0.1, 0.15) is 25.0 Å². The molecule has 1 aliphatic carbocycles. The summed E-state index contributed by atoms with van der Waals surface area (Å²) in [5.74, 6) is 0. The van der Waals surface area contributed by atoms with Gasteiger partial charge in [-0.15, -0.1) is 0 Å². The van der Waals surface area contributed by atoms with Crippen molar-refractivity contribution in [1.82, 2.24) is 0 Å². The lowest BCUT2D eigenvalue weighted by molar-refractivity contribution is 0.661. The lowest BCUT2D eigenvalue weighted by atomic mass is 9.81. The fraction of sp³-hybridized carbons (Fsp3) is 0.0857. The van der Waals surface area contributed by atoms with Gasteiger partial charge in [0.2, 0.25) is 0 Å². The van der Waals surface area contributed by atoms with Crippen molar-refractivity contribution in [2.24, 2.45) is 0 Å². The van der Waals surface area contributed by atoms with Gasteiger partial charge < -0.3 is 0 Å². The van der Waals surface area contributed by atoms with Crippen LogP contribution in [0.2, 0.25) is 0 Å². The van der Waals surface area contributed by atoms with Gasteiger partial charge in [-0.05, 0) is 78.9 Å². The van der Waals surface area contributed by atoms with Gasteiger partial charge in [0.1, 0.15) is 0 Å². The first-order valence-electron chi connectivity index (χ1n) is 12.6. The second kappa shape index (κ2) is 7.12. The number of fused-ring (bicyclic) bond motifs is 7. The molecule has 0 fully saturated rings. The normalized spacial score (nSPS) is 14.5. The molecule has 6 aromatic rings. The minimum absolute atomic E-state index is 0.0359. The molecule has 0 nitrogen and oxygen atoms in total. The minimum Gasteiger partial charge on any atom is -0.0888 e. The topological polar surface area (TPSA) is 0 Å². The van der Waals surface area contributed by atoms with Gasteiger partial charge in [-0.2, -0.15) is 0 Å². The van der Waals surface area contributed by atoms with E-state index in [2.05, 4.69) is 123 Å². The largest absolute Gasteiger partial charge is 0.0888 e. The van der Waals surface area contributed by atoms with Crippen LogP contribution in [0.4, 0.5) is 0 Å². The predicted octanol–water partition coefficient (Wildman–Crippen LogP) is 10.1. The van der Waals surface area contributed by atoms with E-state index in [0.29, 0.717) is 0 Å². The Morgan fingerprint density at radius 1 is 0.528 bits per heavy atom. The van der Waals surface area contributed by atoms with Gasteiger partial charge in [0, 0.05) is 20.6 Å². The SMILES string of the molecule is CC1(C)c2cc(-c3ccc4c5c(cccc35)-c3ccccc3S4)ccc2-c2c1ccc1ccccc21. The van der Waals surface area contributed by atoms with Crippen molar-refractivity contribution in [3.63, 3.8) is 0 Å². The van der Waals surface area contributed by atoms with Crippen LogP contribution in [-0.4, -0.2) is 0 Å². The van der Waals surface area contributed by atoms with Crippen LogP contribution in [-0.2, 0) is 5.41 Å². The maximum atomic E-state index is 2.46. The van der Waals surface area contributed by atoms with Gasteiger partial charge in [0.25, 0.3) is 0 Å². The summed E-state index contributed by atoms with van der Waals surface area (Å²) in [6, 6.07) is 40.8. The van der Waals surface area contributed by atoms with Gasteiger partial charge in [0.15, 0.2) is 0 Å². The first kappa shape index (κ1) is 20.4. The van der Waals surface area contributed by atoms with Gasteiger partial charge in [-0.1, -0.05) is 117 Å². The Labute approximate surface area is 215 Å². The second-order valence-electron chi connectivity index (χ2n) is 10.5. The second-order valence-corrected chi connectivity index (χ2v) is 11.6. The quantitative estimate of drug-likeness (QED) is 0.227. The molecule has 0 saturated heterocycles. The fourth-order valence-electron chi connectivity index (χ4n) is 6.51. The Hall–Kier alpha value is -3.81. The van der Waals surface area contributed by atoms with E-state index in [1.54, 1.807) is 0 Å². The summed E-state index contributed by atoms with van der Waals surface area (Å²) < 4.78 is 0. The summed E-state index contributed by atoms with van der Waals surface area (Å²) in [6.45, 7) is 4.75. The van der Waals surface area contributed by atoms with Crippen molar-refractivity contribution in [3.05, 3.63) is 120 Å². The van der Waals surface area contributed by atoms with E-state index < -0.39 is 0 Å². The molecule has 0 bridgehead atoms. The van der Waals surface area contributed by atoms with Crippen LogP contribution in [0.25, 0.3) is 54.9 Å². The highest BCUT2D eigenvalue weighted by Crippen LogP contribution is 2.53. The molecule has 6 aromatic carbocycles. The Morgan fingerprint density at radius 3 is 2.25 bits per heavy atom. The third kappa shape index (κ3) is 2.61. The maximum absolute atomic E-state index is 2.46. The molecule has 0 spiro atoms. The first-order chi connectivity index (χ1) is 17.6. The Bertz CT molecular complexity index is 1890. The van der Waals surface area contributed by atoms with E-state index >= 15 is 0 Å². The van der Waals surface area contributed by atoms with E-state index in [9.17, 15) is 0 Å². The highest BCUT2D eigenvalue weighted by molar-refractivity contribution is 7.99. The molecule has 170 valence electrons. The zero-order valence-corrected chi connectivity index (χ0v) is 21.1. The van der Waals surface area contributed by atoms with Gasteiger partial charge in [0.05, 0.1) is 0 Å². The molecule has 0 aromatic heterocycles. The fourth-order valence-corrected chi connectivity index (χ4v) is 7.64. The van der Waals surface area contributed by atoms with Crippen molar-refractivity contribution >= 4 is 33.3 Å². The lowest BCUT2D eigenvalue weighted by Gasteiger charge is -2.23. The molecule has 0 unspecified atom stereocenters. The lowest BCUT2D eigenvalue weighted by Crippen LogP contribution is -2.15. The standard InChI is InChI=1S/C35H24S/c1-35(2)29-18-15-21-8-3-4-9-24(21)33(29)28-16-14-22(20-30(28)35)23-17-19-32-34-26(23)11-7-12-27(34)25-10-5-6-13-31(25)36-32/h3-20H,1-2H3. The third-order valence-corrected chi connectivity index (χ3v) is 9.41. The van der Waals surface area contributed by atoms with Crippen molar-refractivity contribution in [3.8, 4) is 33.4 Å². The summed E-state index contributed by atoms with van der Waals surface area (Å²) >= 11 is 1.89. The average molecular weight is 477 g/mol. The van der Waals surface area contributed by atoms with Crippen molar-refractivity contribution < 1.29 is 0 Å². The molecule has 1 aliphatic heterocycles. The summed E-state index contributed by atoms with van der Waals surface area (Å²) in [5.41, 5.74) is 10.9. The predicted molar refractivity (Wildman–Crippen MR) is 154 cm³/mol. The smallest absolute Gasteiger partial charge is 0.0207 e. The van der Waals surface area contributed by atoms with E-state index in [-0.39, 0.29) is 5.41 Å². The molecule has 8 rings (SSSR count). The van der Waals surface area contributed by atoms with E-state index in [1.165, 1.54) is 75.8 Å². The Morgan fingerprint density at radius 2 is 1.31 bits per heavy atom. The highest BCUT2D eigenvalue weighted by atomic mass is 32.2. The summed E-state index contributed by atoms with van der Waals surface area (Å²) in [5, 5.41) is 5.38. The summed E-state index contributed by atoms with van der Waals surface area (Å²) in [7, 11) is 0. The number of benzene rings is 6. The van der Waals surface area contributed by atoms with Crippen molar-refractivity contribution in [1.29, 1.82) is 0 Å². The summed E-state index contributed by atoms with van der Waals surface area (Å²) in [6.07, 6.45) is 0. The molecule has 2 aliphatic rings. The average Bonchev–Trinajstić information content (AvgIpc) is 3.15. The molecule has 0 atom stereocenters. The molecular formula is C35H24S. The molecule has 1 heteroatoms. The Balaban J connectivity index is 1.37. The van der Waals surface area contributed by atoms with Crippen LogP contribution in [0.3, 0.4) is 0 Å². The highest BCUT2D eigenvalue weighted by Gasteiger charge is 2.36. The van der Waals surface area contributed by atoms with Gasteiger partial charge >= 0.3 is 0 Å². The van der Waals surface area contributed by atoms with E-state index in [0.717, 1.165) is 0 Å². The van der Waals surface area contributed by atoms with Crippen LogP contribution < -0.4 is 0 Å². The molecule has 0 amide bonds. The summed E-state index contributed by atoms with van der Waals surface area (Å²) in [4.78, 5) is 2.69. The zero-order valence-electron chi connectivity index (χ0n) is 20.3.